The third-order valence-electron chi connectivity index (χ3n) is 12.4. The van der Waals surface area contributed by atoms with Gasteiger partial charge in [0.1, 0.15) is 0 Å². The number of imide groups is 2. The number of nitrogens with zero attached hydrogens (tertiary/aromatic N) is 2. The molecular formula is C55H36N2O16. The van der Waals surface area contributed by atoms with Crippen molar-refractivity contribution in [3.05, 3.63) is 177 Å². The number of benzene rings is 7. The highest BCUT2D eigenvalue weighted by Crippen LogP contribution is 2.43. The smallest absolute Gasteiger partial charge is 0.338 e. The number of carboxylic acids is 4. The van der Waals surface area contributed by atoms with Gasteiger partial charge in [-0.25, -0.2) is 33.8 Å². The van der Waals surface area contributed by atoms with E-state index in [-0.39, 0.29) is 66.3 Å². The van der Waals surface area contributed by atoms with Gasteiger partial charge in [-0.05, 0) is 100 Å². The molecule has 4 amide bonds. The second-order valence-corrected chi connectivity index (χ2v) is 16.8. The summed E-state index contributed by atoms with van der Waals surface area (Å²) in [7, 11) is 0. The van der Waals surface area contributed by atoms with Crippen LogP contribution in [0.1, 0.15) is 83.6 Å². The number of aliphatic carboxylic acids is 2. The summed E-state index contributed by atoms with van der Waals surface area (Å²) in [5.41, 5.74) is 0.475. The van der Waals surface area contributed by atoms with E-state index in [2.05, 4.69) is 0 Å². The Morgan fingerprint density at radius 3 is 1.16 bits per heavy atom. The Labute approximate surface area is 411 Å². The van der Waals surface area contributed by atoms with E-state index in [0.717, 1.165) is 30.4 Å². The molecule has 0 aliphatic carbocycles. The molecule has 0 atom stereocenters. The van der Waals surface area contributed by atoms with Gasteiger partial charge in [-0.1, -0.05) is 60.7 Å². The van der Waals surface area contributed by atoms with Crippen LogP contribution in [0.25, 0.3) is 56.0 Å². The fourth-order valence-corrected chi connectivity index (χ4v) is 8.97. The summed E-state index contributed by atoms with van der Waals surface area (Å²) in [5.74, 6) is -11.1. The van der Waals surface area contributed by atoms with Crippen LogP contribution in [0.4, 0.5) is 11.4 Å². The van der Waals surface area contributed by atoms with Crippen LogP contribution >= 0.6 is 0 Å². The van der Waals surface area contributed by atoms with Crippen molar-refractivity contribution in [2.24, 2.45) is 5.92 Å². The number of carbonyl (C=O) groups excluding carboxylic acids is 5. The lowest BCUT2D eigenvalue weighted by atomic mass is 9.86. The summed E-state index contributed by atoms with van der Waals surface area (Å²) >= 11 is 0. The lowest BCUT2D eigenvalue weighted by molar-refractivity contribution is -0.132. The summed E-state index contributed by atoms with van der Waals surface area (Å²) in [4.78, 5) is 122. The van der Waals surface area contributed by atoms with Gasteiger partial charge in [-0.2, -0.15) is 0 Å². The van der Waals surface area contributed by atoms with E-state index in [9.17, 15) is 63.6 Å². The number of carboxylic acid groups (broad SMARTS) is 4. The van der Waals surface area contributed by atoms with Gasteiger partial charge in [0.2, 0.25) is 0 Å². The normalized spacial score (nSPS) is 13.2. The molecule has 9 rings (SSSR count). The van der Waals surface area contributed by atoms with Crippen molar-refractivity contribution in [1.29, 1.82) is 0 Å². The molecule has 0 aromatic heterocycles. The third kappa shape index (κ3) is 8.64. The molecular weight excluding hydrogens is 945 g/mol. The van der Waals surface area contributed by atoms with Gasteiger partial charge < -0.3 is 35.4 Å². The molecule has 0 saturated heterocycles. The predicted molar refractivity (Wildman–Crippen MR) is 263 cm³/mol. The number of carbonyl (C=O) groups is 9. The highest BCUT2D eigenvalue weighted by molar-refractivity contribution is 6.40. The number of anilines is 2. The number of rotatable bonds is 15. The molecule has 2 heterocycles. The molecule has 0 bridgehead atoms. The molecule has 0 radical (unpaired) electrons. The van der Waals surface area contributed by atoms with Crippen molar-refractivity contribution in [2.45, 2.75) is 0 Å². The minimum absolute atomic E-state index is 0.00881. The molecule has 0 saturated carbocycles. The molecule has 0 fully saturated rings. The molecule has 18 heteroatoms. The van der Waals surface area contributed by atoms with Gasteiger partial charge in [-0.15, -0.1) is 0 Å². The first-order valence-electron chi connectivity index (χ1n) is 22.0. The molecule has 6 N–H and O–H groups in total. The van der Waals surface area contributed by atoms with Gasteiger partial charge >= 0.3 is 29.8 Å². The first kappa shape index (κ1) is 48.1. The van der Waals surface area contributed by atoms with Crippen molar-refractivity contribution in [2.75, 3.05) is 29.6 Å². The van der Waals surface area contributed by atoms with Crippen LogP contribution < -0.4 is 9.80 Å². The summed E-state index contributed by atoms with van der Waals surface area (Å²) in [6.07, 6.45) is 4.61. The maximum absolute atomic E-state index is 14.8. The van der Waals surface area contributed by atoms with Crippen molar-refractivity contribution >= 4 is 98.5 Å². The van der Waals surface area contributed by atoms with Crippen molar-refractivity contribution < 1.29 is 78.5 Å². The fourth-order valence-electron chi connectivity index (χ4n) is 8.97. The van der Waals surface area contributed by atoms with E-state index in [4.69, 9.17) is 14.9 Å². The Kier molecular flexibility index (Phi) is 12.6. The van der Waals surface area contributed by atoms with Crippen molar-refractivity contribution in [1.82, 2.24) is 0 Å². The Hall–Kier alpha value is -9.91. The van der Waals surface area contributed by atoms with Crippen LogP contribution in [-0.4, -0.2) is 104 Å². The van der Waals surface area contributed by atoms with Crippen LogP contribution in [0, 0.1) is 5.92 Å². The quantitative estimate of drug-likeness (QED) is 0.0334. The van der Waals surface area contributed by atoms with Crippen LogP contribution in [0.5, 0.6) is 0 Å². The van der Waals surface area contributed by atoms with E-state index in [1.165, 1.54) is 60.7 Å². The zero-order valence-corrected chi connectivity index (χ0v) is 37.6. The highest BCUT2D eigenvalue weighted by atomic mass is 16.5. The Morgan fingerprint density at radius 2 is 0.822 bits per heavy atom. The van der Waals surface area contributed by atoms with Crippen LogP contribution in [0.15, 0.2) is 127 Å². The maximum Gasteiger partial charge on any atom is 0.338 e. The number of esters is 1. The van der Waals surface area contributed by atoms with Crippen LogP contribution in [0.2, 0.25) is 0 Å². The molecule has 73 heavy (non-hydrogen) atoms. The van der Waals surface area contributed by atoms with E-state index in [0.29, 0.717) is 43.2 Å². The SMILES string of the molecule is O=C(O)/C=C/c1ccc(-c2ccc3c4c(ccc(C(=O)O)c24)C(=O)N(c2cc(C(=O)OCC(CO)CO)cc(N4C(=O)c5ccc(C(=O)O)c6c(-c7ccc(/C=C/C(=O)O)cc7)ccc(c56)C4=O)c2)C3=O)cc1. The second kappa shape index (κ2) is 19.1. The minimum Gasteiger partial charge on any atom is -0.478 e. The number of hydrogen-bond acceptors (Lipinski definition) is 12. The average molecular weight is 981 g/mol. The zero-order chi connectivity index (χ0) is 52.0. The van der Waals surface area contributed by atoms with Crippen LogP contribution in [0.3, 0.4) is 0 Å². The molecule has 7 aromatic carbocycles. The van der Waals surface area contributed by atoms with Crippen molar-refractivity contribution in [3.63, 3.8) is 0 Å². The average Bonchev–Trinajstić information content (AvgIpc) is 3.38. The zero-order valence-electron chi connectivity index (χ0n) is 37.6. The number of amides is 4. The van der Waals surface area contributed by atoms with E-state index in [1.807, 2.05) is 0 Å². The topological polar surface area (TPSA) is 291 Å². The summed E-state index contributed by atoms with van der Waals surface area (Å²) in [5, 5.41) is 58.3. The number of ether oxygens (including phenoxy) is 1. The van der Waals surface area contributed by atoms with Gasteiger partial charge in [0, 0.05) is 61.9 Å². The molecule has 2 aliphatic heterocycles. The van der Waals surface area contributed by atoms with E-state index in [1.54, 1.807) is 48.5 Å². The maximum atomic E-state index is 14.8. The number of hydrogen-bond donors (Lipinski definition) is 6. The predicted octanol–water partition coefficient (Wildman–Crippen LogP) is 7.28. The Morgan fingerprint density at radius 1 is 0.466 bits per heavy atom. The minimum atomic E-state index is -1.38. The van der Waals surface area contributed by atoms with E-state index < -0.39 is 84.8 Å². The van der Waals surface area contributed by atoms with Gasteiger partial charge in [0.05, 0.1) is 47.9 Å². The standard InChI is InChI=1S/C55H36N2O16/c58-24-29(25-59)26-73-55(72)32-21-33(56-49(64)37-13-11-35(30-7-1-27(2-8-30)5-19-43(60)61)45-41(53(68)69)17-15-39(47(37)45)51(56)66)23-34(22-32)57-50(65)38-14-12-36(31-9-3-28(4-10-31)6-20-44(62)63)46-42(54(70)71)18-16-40(48(38)46)52(57)67/h1-23,29,58-59H,24-26H2,(H,60,61)(H,62,63)(H,68,69)(H,70,71)/b19-5+,20-6+. The summed E-state index contributed by atoms with van der Waals surface area (Å²) in [6, 6.07) is 26.7. The van der Waals surface area contributed by atoms with Gasteiger partial charge in [0.25, 0.3) is 23.6 Å². The van der Waals surface area contributed by atoms with Gasteiger partial charge in [-0.3, -0.25) is 19.2 Å². The van der Waals surface area contributed by atoms with E-state index >= 15 is 0 Å². The largest absolute Gasteiger partial charge is 0.478 e. The number of aliphatic hydroxyl groups excluding tert-OH is 2. The molecule has 18 nitrogen and oxygen atoms in total. The Balaban J connectivity index is 1.17. The third-order valence-corrected chi connectivity index (χ3v) is 12.4. The second-order valence-electron chi connectivity index (χ2n) is 16.8. The molecule has 362 valence electrons. The summed E-state index contributed by atoms with van der Waals surface area (Å²) < 4.78 is 5.41. The van der Waals surface area contributed by atoms with Crippen LogP contribution in [-0.2, 0) is 14.3 Å². The lowest BCUT2D eigenvalue weighted by Crippen LogP contribution is -2.42. The molecule has 7 aromatic rings. The first-order chi connectivity index (χ1) is 35.0. The number of aliphatic hydroxyl groups is 2. The summed E-state index contributed by atoms with van der Waals surface area (Å²) in [6.45, 7) is -1.63. The first-order valence-corrected chi connectivity index (χ1v) is 22.0. The van der Waals surface area contributed by atoms with Gasteiger partial charge in [0.15, 0.2) is 0 Å². The van der Waals surface area contributed by atoms with Crippen molar-refractivity contribution in [3.8, 4) is 22.3 Å². The molecule has 2 aliphatic rings. The molecule has 0 spiro atoms. The molecule has 0 unspecified atom stereocenters. The monoisotopic (exact) mass is 980 g/mol. The lowest BCUT2D eigenvalue weighted by Gasteiger charge is -2.31. The Bertz CT molecular complexity index is 3400. The fraction of sp³-hybridized carbons (Fsp3) is 0.0727. The highest BCUT2D eigenvalue weighted by Gasteiger charge is 2.40. The number of aromatic carboxylic acids is 2.